The summed E-state index contributed by atoms with van der Waals surface area (Å²) in [6.07, 6.45) is 0. The third-order valence-corrected chi connectivity index (χ3v) is 6.34. The lowest BCUT2D eigenvalue weighted by atomic mass is 9.99. The summed E-state index contributed by atoms with van der Waals surface area (Å²) >= 11 is 7.31. The molecule has 0 aliphatic rings. The number of ether oxygens (including phenoxy) is 1. The van der Waals surface area contributed by atoms with Gasteiger partial charge in [-0.15, -0.1) is 0 Å². The predicted octanol–water partition coefficient (Wildman–Crippen LogP) is 7.07. The Balaban J connectivity index is 1.61. The van der Waals surface area contributed by atoms with E-state index in [1.165, 1.54) is 11.8 Å². The second-order valence-corrected chi connectivity index (χ2v) is 8.91. The van der Waals surface area contributed by atoms with Gasteiger partial charge < -0.3 is 10.1 Å². The molecule has 0 spiro atoms. The first-order valence-electron chi connectivity index (χ1n) is 11.0. The van der Waals surface area contributed by atoms with Crippen LogP contribution in [0.3, 0.4) is 0 Å². The summed E-state index contributed by atoms with van der Waals surface area (Å²) in [5, 5.41) is 14.0. The molecule has 1 aromatic heterocycles. The SMILES string of the molecule is CCOc1ccc(NC(=O)CSc2nc(-c3ccccc3)cc(-c3ccc(Cl)cc3)c2C#N)cc1. The molecule has 35 heavy (non-hydrogen) atoms. The van der Waals surface area contributed by atoms with Gasteiger partial charge in [0.1, 0.15) is 16.8 Å². The quantitative estimate of drug-likeness (QED) is 0.262. The Morgan fingerprint density at radius 3 is 2.40 bits per heavy atom. The maximum Gasteiger partial charge on any atom is 0.234 e. The van der Waals surface area contributed by atoms with Gasteiger partial charge in [0.15, 0.2) is 0 Å². The highest BCUT2D eigenvalue weighted by atomic mass is 35.5. The van der Waals surface area contributed by atoms with Crippen LogP contribution in [0.1, 0.15) is 12.5 Å². The lowest BCUT2D eigenvalue weighted by Crippen LogP contribution is -2.14. The van der Waals surface area contributed by atoms with E-state index in [2.05, 4.69) is 11.4 Å². The van der Waals surface area contributed by atoms with E-state index < -0.39 is 0 Å². The van der Waals surface area contributed by atoms with Gasteiger partial charge in [-0.05, 0) is 55.0 Å². The molecule has 0 aliphatic heterocycles. The topological polar surface area (TPSA) is 75.0 Å². The van der Waals surface area contributed by atoms with Gasteiger partial charge in [-0.1, -0.05) is 65.8 Å². The van der Waals surface area contributed by atoms with Gasteiger partial charge in [0, 0.05) is 21.8 Å². The van der Waals surface area contributed by atoms with E-state index in [9.17, 15) is 10.1 Å². The summed E-state index contributed by atoms with van der Waals surface area (Å²) < 4.78 is 5.44. The van der Waals surface area contributed by atoms with Crippen LogP contribution in [0.4, 0.5) is 5.69 Å². The number of benzene rings is 3. The summed E-state index contributed by atoms with van der Waals surface area (Å²) in [5.74, 6) is 0.658. The van der Waals surface area contributed by atoms with Crippen molar-refractivity contribution in [1.29, 1.82) is 5.26 Å². The smallest absolute Gasteiger partial charge is 0.234 e. The molecule has 4 rings (SSSR count). The summed E-state index contributed by atoms with van der Waals surface area (Å²) in [5.41, 5.74) is 4.34. The monoisotopic (exact) mass is 499 g/mol. The van der Waals surface area contributed by atoms with Gasteiger partial charge in [0.05, 0.1) is 23.6 Å². The number of amides is 1. The number of rotatable bonds is 8. The number of aromatic nitrogens is 1. The Kier molecular flexibility index (Phi) is 8.04. The predicted molar refractivity (Wildman–Crippen MR) is 142 cm³/mol. The molecule has 0 radical (unpaired) electrons. The maximum atomic E-state index is 12.7. The number of halogens is 1. The van der Waals surface area contributed by atoms with Crippen LogP contribution < -0.4 is 10.1 Å². The highest BCUT2D eigenvalue weighted by Gasteiger charge is 2.17. The standard InChI is InChI=1S/C28H22ClN3O2S/c1-2-34-23-14-12-22(13-15-23)31-27(33)18-35-28-25(17-30)24(19-8-10-21(29)11-9-19)16-26(32-28)20-6-4-3-5-7-20/h3-16H,2,18H2,1H3,(H,31,33). The minimum absolute atomic E-state index is 0.104. The number of nitrogens with one attached hydrogen (secondary N) is 1. The van der Waals surface area contributed by atoms with E-state index in [1.807, 2.05) is 67.6 Å². The number of pyridine rings is 1. The first-order valence-corrected chi connectivity index (χ1v) is 12.4. The van der Waals surface area contributed by atoms with E-state index in [1.54, 1.807) is 24.3 Å². The molecule has 0 saturated heterocycles. The minimum Gasteiger partial charge on any atom is -0.494 e. The second kappa shape index (κ2) is 11.6. The fourth-order valence-electron chi connectivity index (χ4n) is 3.48. The number of hydrogen-bond acceptors (Lipinski definition) is 5. The molecule has 1 N–H and O–H groups in total. The third-order valence-electron chi connectivity index (χ3n) is 5.11. The molecule has 0 atom stereocenters. The molecule has 0 fully saturated rings. The first-order chi connectivity index (χ1) is 17.1. The highest BCUT2D eigenvalue weighted by molar-refractivity contribution is 8.00. The fraction of sp³-hybridized carbons (Fsp3) is 0.107. The van der Waals surface area contributed by atoms with Gasteiger partial charge in [-0.25, -0.2) is 4.98 Å². The number of thioether (sulfide) groups is 1. The summed E-state index contributed by atoms with van der Waals surface area (Å²) in [6.45, 7) is 2.50. The highest BCUT2D eigenvalue weighted by Crippen LogP contribution is 2.34. The van der Waals surface area contributed by atoms with Crippen LogP contribution >= 0.6 is 23.4 Å². The van der Waals surface area contributed by atoms with Crippen LogP contribution in [0.15, 0.2) is 90.0 Å². The number of carbonyl (C=O) groups excluding carboxylic acids is 1. The van der Waals surface area contributed by atoms with Crippen LogP contribution in [-0.4, -0.2) is 23.3 Å². The van der Waals surface area contributed by atoms with Crippen molar-refractivity contribution >= 4 is 35.0 Å². The first kappa shape index (κ1) is 24.3. The summed E-state index contributed by atoms with van der Waals surface area (Å²) in [4.78, 5) is 17.4. The number of hydrogen-bond donors (Lipinski definition) is 1. The minimum atomic E-state index is -0.192. The molecule has 5 nitrogen and oxygen atoms in total. The zero-order valence-electron chi connectivity index (χ0n) is 19.0. The Morgan fingerprint density at radius 1 is 1.03 bits per heavy atom. The molecule has 0 unspecified atom stereocenters. The number of anilines is 1. The van der Waals surface area contributed by atoms with Crippen molar-refractivity contribution in [3.05, 3.63) is 95.5 Å². The molecule has 4 aromatic rings. The maximum absolute atomic E-state index is 12.7. The van der Waals surface area contributed by atoms with E-state index in [-0.39, 0.29) is 11.7 Å². The van der Waals surface area contributed by atoms with Crippen LogP contribution in [0.25, 0.3) is 22.4 Å². The lowest BCUT2D eigenvalue weighted by molar-refractivity contribution is -0.113. The average molecular weight is 500 g/mol. The van der Waals surface area contributed by atoms with Crippen molar-refractivity contribution < 1.29 is 9.53 Å². The van der Waals surface area contributed by atoms with Gasteiger partial charge in [0.2, 0.25) is 5.91 Å². The molecular formula is C28H22ClN3O2S. The molecule has 1 amide bonds. The molecule has 7 heteroatoms. The average Bonchev–Trinajstić information content (AvgIpc) is 2.89. The van der Waals surface area contributed by atoms with Crippen LogP contribution in [0, 0.1) is 11.3 Å². The number of nitriles is 1. The van der Waals surface area contributed by atoms with E-state index >= 15 is 0 Å². The van der Waals surface area contributed by atoms with Crippen LogP contribution in [-0.2, 0) is 4.79 Å². The molecule has 0 saturated carbocycles. The lowest BCUT2D eigenvalue weighted by Gasteiger charge is -2.13. The molecule has 174 valence electrons. The van der Waals surface area contributed by atoms with Gasteiger partial charge in [-0.2, -0.15) is 5.26 Å². The zero-order valence-corrected chi connectivity index (χ0v) is 20.6. The molecule has 1 heterocycles. The van der Waals surface area contributed by atoms with Crippen molar-refractivity contribution in [3.8, 4) is 34.2 Å². The normalized spacial score (nSPS) is 10.4. The Hall–Kier alpha value is -3.79. The van der Waals surface area contributed by atoms with Gasteiger partial charge in [0.25, 0.3) is 0 Å². The number of carbonyl (C=O) groups is 1. The van der Waals surface area contributed by atoms with Gasteiger partial charge in [-0.3, -0.25) is 4.79 Å². The Bertz CT molecular complexity index is 1350. The van der Waals surface area contributed by atoms with E-state index in [0.29, 0.717) is 27.9 Å². The van der Waals surface area contributed by atoms with E-state index in [4.69, 9.17) is 21.3 Å². The third kappa shape index (κ3) is 6.21. The van der Waals surface area contributed by atoms with Crippen molar-refractivity contribution in [3.63, 3.8) is 0 Å². The number of nitrogens with zero attached hydrogens (tertiary/aromatic N) is 2. The van der Waals surface area contributed by atoms with Crippen molar-refractivity contribution in [2.45, 2.75) is 11.9 Å². The molecule has 0 aliphatic carbocycles. The molecule has 0 bridgehead atoms. The largest absolute Gasteiger partial charge is 0.494 e. The fourth-order valence-corrected chi connectivity index (χ4v) is 4.41. The Morgan fingerprint density at radius 2 is 1.74 bits per heavy atom. The van der Waals surface area contributed by atoms with Crippen molar-refractivity contribution in [1.82, 2.24) is 4.98 Å². The van der Waals surface area contributed by atoms with Gasteiger partial charge >= 0.3 is 0 Å². The second-order valence-electron chi connectivity index (χ2n) is 7.51. The van der Waals surface area contributed by atoms with E-state index in [0.717, 1.165) is 28.1 Å². The molecule has 3 aromatic carbocycles. The van der Waals surface area contributed by atoms with Crippen LogP contribution in [0.2, 0.25) is 5.02 Å². The summed E-state index contributed by atoms with van der Waals surface area (Å²) in [6, 6.07) is 28.5. The molecular weight excluding hydrogens is 478 g/mol. The Labute approximate surface area is 213 Å². The zero-order chi connectivity index (χ0) is 24.6. The summed E-state index contributed by atoms with van der Waals surface area (Å²) in [7, 11) is 0. The van der Waals surface area contributed by atoms with Crippen molar-refractivity contribution in [2.24, 2.45) is 0 Å². The van der Waals surface area contributed by atoms with Crippen LogP contribution in [0.5, 0.6) is 5.75 Å². The van der Waals surface area contributed by atoms with Crippen molar-refractivity contribution in [2.75, 3.05) is 17.7 Å².